The van der Waals surface area contributed by atoms with Crippen molar-refractivity contribution >= 4 is 0 Å². The Morgan fingerprint density at radius 1 is 1.43 bits per heavy atom. The molecule has 2 rings (SSSR count). The number of hydrogen-bond acceptors (Lipinski definition) is 4. The van der Waals surface area contributed by atoms with E-state index in [0.717, 1.165) is 44.6 Å². The van der Waals surface area contributed by atoms with Gasteiger partial charge in [0.2, 0.25) is 0 Å². The highest BCUT2D eigenvalue weighted by atomic mass is 16.5. The zero-order chi connectivity index (χ0) is 15.1. The normalized spacial score (nSPS) is 17.4. The van der Waals surface area contributed by atoms with Gasteiger partial charge in [-0.15, -0.1) is 6.58 Å². The Morgan fingerprint density at radius 3 is 2.86 bits per heavy atom. The SMILES string of the molecule is C=CCC[C@H](c1cccc(OCC)c1O)N1CCNCC1. The largest absolute Gasteiger partial charge is 0.504 e. The van der Waals surface area contributed by atoms with Crippen molar-refractivity contribution in [3.63, 3.8) is 0 Å². The van der Waals surface area contributed by atoms with E-state index in [1.54, 1.807) is 0 Å². The number of benzene rings is 1. The highest BCUT2D eigenvalue weighted by Gasteiger charge is 2.25. The van der Waals surface area contributed by atoms with E-state index in [4.69, 9.17) is 4.74 Å². The first kappa shape index (κ1) is 15.9. The highest BCUT2D eigenvalue weighted by molar-refractivity contribution is 5.47. The van der Waals surface area contributed by atoms with E-state index >= 15 is 0 Å². The standard InChI is InChI=1S/C17H26N2O2/c1-3-5-8-15(19-12-10-18-11-13-19)14-7-6-9-16(17(14)20)21-4-2/h3,6-7,9,15,18,20H,1,4-5,8,10-13H2,2H3/t15-/m1/s1. The maximum Gasteiger partial charge on any atom is 0.162 e. The average molecular weight is 290 g/mol. The molecule has 21 heavy (non-hydrogen) atoms. The third-order valence-electron chi connectivity index (χ3n) is 3.93. The van der Waals surface area contributed by atoms with Gasteiger partial charge in [-0.3, -0.25) is 4.90 Å². The van der Waals surface area contributed by atoms with Gasteiger partial charge < -0.3 is 15.2 Å². The van der Waals surface area contributed by atoms with Crippen molar-refractivity contribution in [2.24, 2.45) is 0 Å². The fourth-order valence-electron chi connectivity index (χ4n) is 2.88. The topological polar surface area (TPSA) is 44.7 Å². The van der Waals surface area contributed by atoms with E-state index in [9.17, 15) is 5.11 Å². The molecule has 0 radical (unpaired) electrons. The van der Waals surface area contributed by atoms with Crippen LogP contribution in [0.5, 0.6) is 11.5 Å². The Balaban J connectivity index is 2.26. The van der Waals surface area contributed by atoms with Gasteiger partial charge in [0.1, 0.15) is 0 Å². The predicted molar refractivity (Wildman–Crippen MR) is 85.9 cm³/mol. The van der Waals surface area contributed by atoms with E-state index in [2.05, 4.69) is 16.8 Å². The quantitative estimate of drug-likeness (QED) is 0.758. The van der Waals surface area contributed by atoms with Crippen molar-refractivity contribution in [3.05, 3.63) is 36.4 Å². The Morgan fingerprint density at radius 2 is 2.19 bits per heavy atom. The summed E-state index contributed by atoms with van der Waals surface area (Å²) >= 11 is 0. The van der Waals surface area contributed by atoms with Crippen LogP contribution in [0.3, 0.4) is 0 Å². The number of allylic oxidation sites excluding steroid dienone is 1. The van der Waals surface area contributed by atoms with E-state index in [0.29, 0.717) is 12.4 Å². The van der Waals surface area contributed by atoms with Crippen LogP contribution in [-0.4, -0.2) is 42.8 Å². The first-order valence-corrected chi connectivity index (χ1v) is 7.78. The molecule has 2 N–H and O–H groups in total. The van der Waals surface area contributed by atoms with Crippen LogP contribution in [0.25, 0.3) is 0 Å². The second-order valence-corrected chi connectivity index (χ2v) is 5.29. The lowest BCUT2D eigenvalue weighted by Crippen LogP contribution is -2.45. The summed E-state index contributed by atoms with van der Waals surface area (Å²) < 4.78 is 5.52. The first-order chi connectivity index (χ1) is 10.3. The molecule has 1 heterocycles. The summed E-state index contributed by atoms with van der Waals surface area (Å²) in [4.78, 5) is 2.44. The molecule has 0 unspecified atom stereocenters. The summed E-state index contributed by atoms with van der Waals surface area (Å²) in [7, 11) is 0. The molecule has 4 heteroatoms. The molecule has 0 saturated carbocycles. The summed E-state index contributed by atoms with van der Waals surface area (Å²) in [5.41, 5.74) is 0.963. The second-order valence-electron chi connectivity index (χ2n) is 5.29. The van der Waals surface area contributed by atoms with Gasteiger partial charge in [-0.05, 0) is 25.8 Å². The minimum atomic E-state index is 0.213. The van der Waals surface area contributed by atoms with Gasteiger partial charge in [-0.25, -0.2) is 0 Å². The number of phenols is 1. The third-order valence-corrected chi connectivity index (χ3v) is 3.93. The van der Waals surface area contributed by atoms with Crippen molar-refractivity contribution in [2.75, 3.05) is 32.8 Å². The maximum atomic E-state index is 10.5. The number of aromatic hydroxyl groups is 1. The smallest absolute Gasteiger partial charge is 0.162 e. The number of piperazine rings is 1. The van der Waals surface area contributed by atoms with Crippen LogP contribution < -0.4 is 10.1 Å². The fraction of sp³-hybridized carbons (Fsp3) is 0.529. The van der Waals surface area contributed by atoms with Crippen LogP contribution in [-0.2, 0) is 0 Å². The number of rotatable bonds is 7. The number of nitrogens with one attached hydrogen (secondary N) is 1. The van der Waals surface area contributed by atoms with Gasteiger partial charge in [0, 0.05) is 37.8 Å². The third kappa shape index (κ3) is 3.99. The lowest BCUT2D eigenvalue weighted by molar-refractivity contribution is 0.163. The minimum Gasteiger partial charge on any atom is -0.504 e. The number of phenolic OH excluding ortho intramolecular Hbond substituents is 1. The van der Waals surface area contributed by atoms with Crippen LogP contribution >= 0.6 is 0 Å². The molecule has 116 valence electrons. The van der Waals surface area contributed by atoms with Crippen molar-refractivity contribution in [2.45, 2.75) is 25.8 Å². The molecular formula is C17H26N2O2. The highest BCUT2D eigenvalue weighted by Crippen LogP contribution is 2.38. The molecule has 1 fully saturated rings. The number of para-hydroxylation sites is 1. The predicted octanol–water partition coefficient (Wildman–Crippen LogP) is 2.70. The molecule has 1 aromatic carbocycles. The zero-order valence-electron chi connectivity index (χ0n) is 12.8. The molecule has 1 aliphatic heterocycles. The van der Waals surface area contributed by atoms with Gasteiger partial charge in [0.05, 0.1) is 6.61 Å². The van der Waals surface area contributed by atoms with E-state index < -0.39 is 0 Å². The van der Waals surface area contributed by atoms with Crippen LogP contribution in [0.4, 0.5) is 0 Å². The number of hydrogen-bond donors (Lipinski definition) is 2. The molecule has 0 spiro atoms. The molecule has 1 aromatic rings. The summed E-state index contributed by atoms with van der Waals surface area (Å²) in [6.45, 7) is 10.3. The monoisotopic (exact) mass is 290 g/mol. The zero-order valence-corrected chi connectivity index (χ0v) is 12.8. The van der Waals surface area contributed by atoms with Crippen LogP contribution in [0.1, 0.15) is 31.4 Å². The molecule has 0 aromatic heterocycles. The number of ether oxygens (including phenoxy) is 1. The average Bonchev–Trinajstić information content (AvgIpc) is 2.52. The molecule has 1 saturated heterocycles. The summed E-state index contributed by atoms with van der Waals surface area (Å²) in [5.74, 6) is 0.862. The van der Waals surface area contributed by atoms with E-state index in [1.165, 1.54) is 0 Å². The second kappa shape index (κ2) is 8.05. The van der Waals surface area contributed by atoms with Crippen LogP contribution in [0, 0.1) is 0 Å². The lowest BCUT2D eigenvalue weighted by atomic mass is 9.98. The van der Waals surface area contributed by atoms with Gasteiger partial charge >= 0.3 is 0 Å². The molecule has 1 aliphatic rings. The van der Waals surface area contributed by atoms with Gasteiger partial charge in [0.15, 0.2) is 11.5 Å². The van der Waals surface area contributed by atoms with Gasteiger partial charge in [0.25, 0.3) is 0 Å². The Kier molecular flexibility index (Phi) is 6.08. The maximum absolute atomic E-state index is 10.5. The molecule has 0 amide bonds. The first-order valence-electron chi connectivity index (χ1n) is 7.78. The molecule has 0 bridgehead atoms. The van der Waals surface area contributed by atoms with E-state index in [1.807, 2.05) is 31.2 Å². The van der Waals surface area contributed by atoms with Crippen molar-refractivity contribution < 1.29 is 9.84 Å². The van der Waals surface area contributed by atoms with Gasteiger partial charge in [-0.2, -0.15) is 0 Å². The summed E-state index contributed by atoms with van der Waals surface area (Å²) in [6.07, 6.45) is 3.85. The molecular weight excluding hydrogens is 264 g/mol. The van der Waals surface area contributed by atoms with Crippen LogP contribution in [0.15, 0.2) is 30.9 Å². The molecule has 4 nitrogen and oxygen atoms in total. The fourth-order valence-corrected chi connectivity index (χ4v) is 2.88. The van der Waals surface area contributed by atoms with E-state index in [-0.39, 0.29) is 11.8 Å². The Hall–Kier alpha value is -1.52. The van der Waals surface area contributed by atoms with Crippen molar-refractivity contribution in [3.8, 4) is 11.5 Å². The van der Waals surface area contributed by atoms with Crippen LogP contribution in [0.2, 0.25) is 0 Å². The lowest BCUT2D eigenvalue weighted by Gasteiger charge is -2.35. The number of nitrogens with zero attached hydrogens (tertiary/aromatic N) is 1. The summed E-state index contributed by atoms with van der Waals surface area (Å²) in [6, 6.07) is 6.01. The minimum absolute atomic E-state index is 0.213. The molecule has 1 atom stereocenters. The van der Waals surface area contributed by atoms with Crippen molar-refractivity contribution in [1.82, 2.24) is 10.2 Å². The van der Waals surface area contributed by atoms with Crippen molar-refractivity contribution in [1.29, 1.82) is 0 Å². The van der Waals surface area contributed by atoms with Gasteiger partial charge in [-0.1, -0.05) is 18.2 Å². The Labute approximate surface area is 127 Å². The summed E-state index contributed by atoms with van der Waals surface area (Å²) in [5, 5.41) is 13.9. The Bertz CT molecular complexity index is 456. The molecule has 0 aliphatic carbocycles.